The Hall–Kier alpha value is -0.0800. The molecule has 1 unspecified atom stereocenters. The van der Waals surface area contributed by atoms with Crippen molar-refractivity contribution in [1.82, 2.24) is 5.32 Å². The summed E-state index contributed by atoms with van der Waals surface area (Å²) < 4.78 is 5.47. The molecular formula is C12H27NO. The lowest BCUT2D eigenvalue weighted by Gasteiger charge is -2.17. The van der Waals surface area contributed by atoms with Gasteiger partial charge in [-0.3, -0.25) is 0 Å². The second-order valence-electron chi connectivity index (χ2n) is 4.61. The number of hydrogen-bond donors (Lipinski definition) is 1. The first-order chi connectivity index (χ1) is 6.54. The average molecular weight is 201 g/mol. The SMILES string of the molecule is CC(C)OCCCCNC(C)C(C)C. The molecule has 0 aliphatic heterocycles. The van der Waals surface area contributed by atoms with Crippen molar-refractivity contribution in [2.75, 3.05) is 13.2 Å². The molecule has 0 radical (unpaired) electrons. The minimum atomic E-state index is 0.373. The monoisotopic (exact) mass is 201 g/mol. The molecule has 0 aromatic heterocycles. The van der Waals surface area contributed by atoms with Crippen LogP contribution in [0.25, 0.3) is 0 Å². The van der Waals surface area contributed by atoms with Crippen LogP contribution in [-0.4, -0.2) is 25.3 Å². The number of rotatable bonds is 8. The quantitative estimate of drug-likeness (QED) is 0.610. The van der Waals surface area contributed by atoms with E-state index in [0.717, 1.165) is 25.5 Å². The minimum Gasteiger partial charge on any atom is -0.379 e. The smallest absolute Gasteiger partial charge is 0.0518 e. The molecule has 0 spiro atoms. The van der Waals surface area contributed by atoms with Gasteiger partial charge in [0.15, 0.2) is 0 Å². The van der Waals surface area contributed by atoms with Crippen LogP contribution in [0.15, 0.2) is 0 Å². The summed E-state index contributed by atoms with van der Waals surface area (Å²) in [7, 11) is 0. The van der Waals surface area contributed by atoms with Crippen molar-refractivity contribution in [3.05, 3.63) is 0 Å². The third-order valence-corrected chi connectivity index (χ3v) is 2.49. The summed E-state index contributed by atoms with van der Waals surface area (Å²) in [5.41, 5.74) is 0. The molecular weight excluding hydrogens is 174 g/mol. The zero-order valence-electron chi connectivity index (χ0n) is 10.5. The molecule has 0 aromatic rings. The fraction of sp³-hybridized carbons (Fsp3) is 1.00. The number of nitrogens with one attached hydrogen (secondary N) is 1. The van der Waals surface area contributed by atoms with Crippen LogP contribution in [0.5, 0.6) is 0 Å². The molecule has 86 valence electrons. The van der Waals surface area contributed by atoms with E-state index in [4.69, 9.17) is 4.74 Å². The highest BCUT2D eigenvalue weighted by Gasteiger charge is 2.04. The molecule has 0 saturated heterocycles. The number of ether oxygens (including phenoxy) is 1. The van der Waals surface area contributed by atoms with Gasteiger partial charge < -0.3 is 10.1 Å². The predicted molar refractivity (Wildman–Crippen MR) is 62.6 cm³/mol. The molecule has 14 heavy (non-hydrogen) atoms. The zero-order valence-corrected chi connectivity index (χ0v) is 10.5. The third kappa shape index (κ3) is 8.52. The van der Waals surface area contributed by atoms with Gasteiger partial charge in [-0.05, 0) is 46.1 Å². The van der Waals surface area contributed by atoms with E-state index in [2.05, 4.69) is 39.9 Å². The van der Waals surface area contributed by atoms with E-state index in [-0.39, 0.29) is 0 Å². The van der Waals surface area contributed by atoms with Crippen molar-refractivity contribution in [2.24, 2.45) is 5.92 Å². The highest BCUT2D eigenvalue weighted by molar-refractivity contribution is 4.63. The Kier molecular flexibility index (Phi) is 8.20. The lowest BCUT2D eigenvalue weighted by molar-refractivity contribution is 0.0759. The van der Waals surface area contributed by atoms with Crippen LogP contribution in [0.2, 0.25) is 0 Å². The largest absolute Gasteiger partial charge is 0.379 e. The number of hydrogen-bond acceptors (Lipinski definition) is 2. The summed E-state index contributed by atoms with van der Waals surface area (Å²) in [6, 6.07) is 0.626. The van der Waals surface area contributed by atoms with Crippen LogP contribution < -0.4 is 5.32 Å². The van der Waals surface area contributed by atoms with Crippen molar-refractivity contribution in [1.29, 1.82) is 0 Å². The molecule has 0 saturated carbocycles. The maximum atomic E-state index is 5.47. The van der Waals surface area contributed by atoms with Crippen LogP contribution in [0, 0.1) is 5.92 Å². The second kappa shape index (κ2) is 8.25. The third-order valence-electron chi connectivity index (χ3n) is 2.49. The molecule has 0 bridgehead atoms. The molecule has 2 nitrogen and oxygen atoms in total. The molecule has 0 aliphatic carbocycles. The van der Waals surface area contributed by atoms with E-state index in [1.807, 2.05) is 0 Å². The molecule has 0 heterocycles. The summed E-state index contributed by atoms with van der Waals surface area (Å²) >= 11 is 0. The van der Waals surface area contributed by atoms with Crippen LogP contribution in [-0.2, 0) is 4.74 Å². The van der Waals surface area contributed by atoms with E-state index < -0.39 is 0 Å². The van der Waals surface area contributed by atoms with Crippen LogP contribution in [0.4, 0.5) is 0 Å². The molecule has 1 atom stereocenters. The van der Waals surface area contributed by atoms with Gasteiger partial charge in [0.25, 0.3) is 0 Å². The normalized spacial score (nSPS) is 13.9. The molecule has 0 rings (SSSR count). The molecule has 0 amide bonds. The fourth-order valence-electron chi connectivity index (χ4n) is 1.11. The Morgan fingerprint density at radius 3 is 2.14 bits per heavy atom. The average Bonchev–Trinajstić information content (AvgIpc) is 2.09. The topological polar surface area (TPSA) is 21.3 Å². The van der Waals surface area contributed by atoms with Crippen molar-refractivity contribution >= 4 is 0 Å². The highest BCUT2D eigenvalue weighted by Crippen LogP contribution is 2.00. The standard InChI is InChI=1S/C12H27NO/c1-10(2)12(5)13-8-6-7-9-14-11(3)4/h10-13H,6-9H2,1-5H3. The molecule has 1 N–H and O–H groups in total. The van der Waals surface area contributed by atoms with Crippen LogP contribution >= 0.6 is 0 Å². The van der Waals surface area contributed by atoms with Crippen LogP contribution in [0.1, 0.15) is 47.5 Å². The van der Waals surface area contributed by atoms with Gasteiger partial charge in [-0.25, -0.2) is 0 Å². The maximum Gasteiger partial charge on any atom is 0.0518 e. The van der Waals surface area contributed by atoms with E-state index in [9.17, 15) is 0 Å². The van der Waals surface area contributed by atoms with Gasteiger partial charge in [-0.15, -0.1) is 0 Å². The van der Waals surface area contributed by atoms with Gasteiger partial charge in [-0.1, -0.05) is 13.8 Å². The fourth-order valence-corrected chi connectivity index (χ4v) is 1.11. The predicted octanol–water partition coefficient (Wildman–Crippen LogP) is 2.83. The van der Waals surface area contributed by atoms with Gasteiger partial charge in [-0.2, -0.15) is 0 Å². The molecule has 2 heteroatoms. The van der Waals surface area contributed by atoms with E-state index in [0.29, 0.717) is 12.1 Å². The van der Waals surface area contributed by atoms with Gasteiger partial charge in [0.05, 0.1) is 6.10 Å². The molecule has 0 aromatic carbocycles. The Balaban J connectivity index is 3.13. The Morgan fingerprint density at radius 1 is 1.00 bits per heavy atom. The lowest BCUT2D eigenvalue weighted by atomic mass is 10.1. The van der Waals surface area contributed by atoms with Crippen molar-refractivity contribution in [3.8, 4) is 0 Å². The molecule has 0 fully saturated rings. The van der Waals surface area contributed by atoms with Crippen LogP contribution in [0.3, 0.4) is 0 Å². The van der Waals surface area contributed by atoms with Gasteiger partial charge >= 0.3 is 0 Å². The maximum absolute atomic E-state index is 5.47. The van der Waals surface area contributed by atoms with Gasteiger partial charge in [0, 0.05) is 12.6 Å². The number of unbranched alkanes of at least 4 members (excludes halogenated alkanes) is 1. The van der Waals surface area contributed by atoms with Gasteiger partial charge in [0.2, 0.25) is 0 Å². The van der Waals surface area contributed by atoms with Crippen molar-refractivity contribution in [2.45, 2.75) is 59.6 Å². The first-order valence-corrected chi connectivity index (χ1v) is 5.89. The Morgan fingerprint density at radius 2 is 1.64 bits per heavy atom. The van der Waals surface area contributed by atoms with Crippen molar-refractivity contribution < 1.29 is 4.74 Å². The molecule has 0 aliphatic rings. The summed E-state index contributed by atoms with van der Waals surface area (Å²) in [5, 5.41) is 3.51. The van der Waals surface area contributed by atoms with Gasteiger partial charge in [0.1, 0.15) is 0 Å². The summed E-state index contributed by atoms with van der Waals surface area (Å²) in [4.78, 5) is 0. The summed E-state index contributed by atoms with van der Waals surface area (Å²) in [5.74, 6) is 0.724. The first kappa shape index (κ1) is 13.9. The summed E-state index contributed by atoms with van der Waals surface area (Å²) in [6.07, 6.45) is 2.75. The first-order valence-electron chi connectivity index (χ1n) is 5.89. The zero-order chi connectivity index (χ0) is 11.0. The van der Waals surface area contributed by atoms with E-state index in [1.54, 1.807) is 0 Å². The van der Waals surface area contributed by atoms with E-state index in [1.165, 1.54) is 6.42 Å². The lowest BCUT2D eigenvalue weighted by Crippen LogP contribution is -2.31. The second-order valence-corrected chi connectivity index (χ2v) is 4.61. The summed E-state index contributed by atoms with van der Waals surface area (Å²) in [6.45, 7) is 12.9. The minimum absolute atomic E-state index is 0.373. The Labute approximate surface area is 89.4 Å². The van der Waals surface area contributed by atoms with E-state index >= 15 is 0 Å². The van der Waals surface area contributed by atoms with Crippen molar-refractivity contribution in [3.63, 3.8) is 0 Å². The highest BCUT2D eigenvalue weighted by atomic mass is 16.5. The Bertz CT molecular complexity index is 123.